The summed E-state index contributed by atoms with van der Waals surface area (Å²) in [7, 11) is 0. The molecule has 0 unspecified atom stereocenters. The smallest absolute Gasteiger partial charge is 0.407 e. The number of hydrogen-bond acceptors (Lipinski definition) is 3. The first-order chi connectivity index (χ1) is 8.16. The molecule has 0 aliphatic carbocycles. The van der Waals surface area contributed by atoms with E-state index >= 15 is 0 Å². The van der Waals surface area contributed by atoms with E-state index in [0.717, 1.165) is 6.54 Å². The van der Waals surface area contributed by atoms with E-state index in [0.29, 0.717) is 6.54 Å². The van der Waals surface area contributed by atoms with Crippen LogP contribution in [0.5, 0.6) is 0 Å². The van der Waals surface area contributed by atoms with Crippen LogP contribution in [0.2, 0.25) is 0 Å². The molecule has 4 nitrogen and oxygen atoms in total. The van der Waals surface area contributed by atoms with Crippen molar-refractivity contribution in [3.63, 3.8) is 0 Å². The van der Waals surface area contributed by atoms with Gasteiger partial charge < -0.3 is 15.4 Å². The highest BCUT2D eigenvalue weighted by Crippen LogP contribution is 2.07. The minimum absolute atomic E-state index is 0.107. The fourth-order valence-electron chi connectivity index (χ4n) is 1.47. The number of rotatable bonds is 7. The van der Waals surface area contributed by atoms with Crippen molar-refractivity contribution < 1.29 is 9.53 Å². The van der Waals surface area contributed by atoms with Crippen LogP contribution in [0, 0.1) is 0 Å². The molecular weight excluding hydrogens is 228 g/mol. The summed E-state index contributed by atoms with van der Waals surface area (Å²) in [4.78, 5) is 11.5. The van der Waals surface area contributed by atoms with Crippen LogP contribution in [0.15, 0.2) is 0 Å². The van der Waals surface area contributed by atoms with Gasteiger partial charge in [-0.3, -0.25) is 0 Å². The van der Waals surface area contributed by atoms with Crippen molar-refractivity contribution in [3.8, 4) is 0 Å². The van der Waals surface area contributed by atoms with Gasteiger partial charge in [0.05, 0.1) is 0 Å². The summed E-state index contributed by atoms with van der Waals surface area (Å²) in [5.74, 6) is 0. The Balaban J connectivity index is 3.84. The van der Waals surface area contributed by atoms with Crippen molar-refractivity contribution in [2.45, 2.75) is 71.9 Å². The summed E-state index contributed by atoms with van der Waals surface area (Å²) in [6, 6.07) is 0. The van der Waals surface area contributed by atoms with E-state index in [1.807, 2.05) is 20.8 Å². The van der Waals surface area contributed by atoms with Crippen molar-refractivity contribution in [1.82, 2.24) is 10.6 Å². The van der Waals surface area contributed by atoms with Gasteiger partial charge in [0.25, 0.3) is 0 Å². The van der Waals surface area contributed by atoms with Gasteiger partial charge >= 0.3 is 6.09 Å². The molecule has 1 amide bonds. The van der Waals surface area contributed by atoms with E-state index in [4.69, 9.17) is 4.74 Å². The Bertz CT molecular complexity index is 245. The van der Waals surface area contributed by atoms with Crippen LogP contribution >= 0.6 is 0 Å². The number of ether oxygens (including phenoxy) is 1. The van der Waals surface area contributed by atoms with Gasteiger partial charge in [0.2, 0.25) is 0 Å². The summed E-state index contributed by atoms with van der Waals surface area (Å²) in [5, 5.41) is 6.24. The van der Waals surface area contributed by atoms with Crippen molar-refractivity contribution in [1.29, 1.82) is 0 Å². The van der Waals surface area contributed by atoms with Crippen molar-refractivity contribution >= 4 is 6.09 Å². The van der Waals surface area contributed by atoms with Gasteiger partial charge in [-0.05, 0) is 47.6 Å². The highest BCUT2D eigenvalue weighted by molar-refractivity contribution is 5.67. The third-order valence-corrected chi connectivity index (χ3v) is 2.46. The lowest BCUT2D eigenvalue weighted by atomic mass is 10.1. The van der Waals surface area contributed by atoms with Crippen LogP contribution in [0.4, 0.5) is 4.79 Å². The van der Waals surface area contributed by atoms with E-state index in [9.17, 15) is 4.79 Å². The van der Waals surface area contributed by atoms with Gasteiger partial charge in [-0.25, -0.2) is 4.79 Å². The van der Waals surface area contributed by atoms with Crippen LogP contribution < -0.4 is 10.6 Å². The fourth-order valence-corrected chi connectivity index (χ4v) is 1.47. The molecule has 0 fully saturated rings. The molecule has 0 saturated heterocycles. The molecule has 0 aliphatic heterocycles. The molecule has 0 spiro atoms. The Kier molecular flexibility index (Phi) is 7.29. The highest BCUT2D eigenvalue weighted by atomic mass is 16.6. The lowest BCUT2D eigenvalue weighted by molar-refractivity contribution is 0.0513. The lowest BCUT2D eigenvalue weighted by Gasteiger charge is -2.28. The Hall–Kier alpha value is -0.770. The molecule has 18 heavy (non-hydrogen) atoms. The third kappa shape index (κ3) is 10.4. The largest absolute Gasteiger partial charge is 0.444 e. The first kappa shape index (κ1) is 17.2. The van der Waals surface area contributed by atoms with Gasteiger partial charge in [0.1, 0.15) is 5.60 Å². The second-order valence-electron chi connectivity index (χ2n) is 6.37. The molecule has 0 atom stereocenters. The first-order valence-electron chi connectivity index (χ1n) is 6.88. The van der Waals surface area contributed by atoms with Crippen LogP contribution in [0.3, 0.4) is 0 Å². The SMILES string of the molecule is CCCCCNC(C)(C)CNC(=O)OC(C)(C)C. The first-order valence-corrected chi connectivity index (χ1v) is 6.88. The van der Waals surface area contributed by atoms with Gasteiger partial charge in [-0.2, -0.15) is 0 Å². The molecule has 0 aromatic heterocycles. The maximum Gasteiger partial charge on any atom is 0.407 e. The average Bonchev–Trinajstić information content (AvgIpc) is 2.20. The van der Waals surface area contributed by atoms with Crippen LogP contribution in [-0.4, -0.2) is 30.3 Å². The van der Waals surface area contributed by atoms with E-state index in [1.165, 1.54) is 19.3 Å². The number of alkyl carbamates (subject to hydrolysis) is 1. The summed E-state index contributed by atoms with van der Waals surface area (Å²) in [6.45, 7) is 13.5. The molecule has 0 aliphatic rings. The summed E-state index contributed by atoms with van der Waals surface area (Å²) < 4.78 is 5.20. The number of carbonyl (C=O) groups is 1. The van der Waals surface area contributed by atoms with Crippen molar-refractivity contribution in [2.75, 3.05) is 13.1 Å². The molecule has 0 heterocycles. The van der Waals surface area contributed by atoms with E-state index in [2.05, 4.69) is 31.4 Å². The fraction of sp³-hybridized carbons (Fsp3) is 0.929. The topological polar surface area (TPSA) is 50.4 Å². The number of amides is 1. The van der Waals surface area contributed by atoms with Crippen LogP contribution in [0.25, 0.3) is 0 Å². The molecule has 108 valence electrons. The standard InChI is InChI=1S/C14H30N2O2/c1-7-8-9-10-16-14(5,6)11-15-12(17)18-13(2,3)4/h16H,7-11H2,1-6H3,(H,15,17). The second-order valence-corrected chi connectivity index (χ2v) is 6.37. The highest BCUT2D eigenvalue weighted by Gasteiger charge is 2.20. The Morgan fingerprint density at radius 3 is 2.22 bits per heavy atom. The number of nitrogens with one attached hydrogen (secondary N) is 2. The van der Waals surface area contributed by atoms with E-state index in [-0.39, 0.29) is 11.6 Å². The maximum absolute atomic E-state index is 11.5. The average molecular weight is 258 g/mol. The minimum Gasteiger partial charge on any atom is -0.444 e. The molecule has 0 rings (SSSR count). The van der Waals surface area contributed by atoms with Crippen LogP contribution in [-0.2, 0) is 4.74 Å². The Labute approximate surface area is 112 Å². The van der Waals surface area contributed by atoms with Crippen LogP contribution in [0.1, 0.15) is 60.8 Å². The van der Waals surface area contributed by atoms with Gasteiger partial charge in [-0.15, -0.1) is 0 Å². The van der Waals surface area contributed by atoms with Gasteiger partial charge in [0.15, 0.2) is 0 Å². The van der Waals surface area contributed by atoms with Gasteiger partial charge in [-0.1, -0.05) is 19.8 Å². The summed E-state index contributed by atoms with van der Waals surface area (Å²) in [5.41, 5.74) is -0.548. The predicted molar refractivity (Wildman–Crippen MR) is 75.8 cm³/mol. The summed E-state index contributed by atoms with van der Waals surface area (Å²) >= 11 is 0. The van der Waals surface area contributed by atoms with E-state index < -0.39 is 5.60 Å². The third-order valence-electron chi connectivity index (χ3n) is 2.46. The molecule has 2 N–H and O–H groups in total. The van der Waals surface area contributed by atoms with Gasteiger partial charge in [0, 0.05) is 12.1 Å². The lowest BCUT2D eigenvalue weighted by Crippen LogP contribution is -2.50. The molecular formula is C14H30N2O2. The predicted octanol–water partition coefficient (Wildman–Crippen LogP) is 3.07. The molecule has 0 bridgehead atoms. The quantitative estimate of drug-likeness (QED) is 0.690. The molecule has 0 saturated carbocycles. The van der Waals surface area contributed by atoms with E-state index in [1.54, 1.807) is 0 Å². The summed E-state index contributed by atoms with van der Waals surface area (Å²) in [6.07, 6.45) is 3.28. The Morgan fingerprint density at radius 1 is 1.11 bits per heavy atom. The number of carbonyl (C=O) groups excluding carboxylic acids is 1. The number of unbranched alkanes of at least 4 members (excludes halogenated alkanes) is 2. The molecule has 0 aromatic carbocycles. The Morgan fingerprint density at radius 2 is 1.72 bits per heavy atom. The maximum atomic E-state index is 11.5. The molecule has 0 radical (unpaired) electrons. The minimum atomic E-state index is -0.442. The second kappa shape index (κ2) is 7.62. The zero-order valence-electron chi connectivity index (χ0n) is 12.9. The normalized spacial score (nSPS) is 12.3. The monoisotopic (exact) mass is 258 g/mol. The number of hydrogen-bond donors (Lipinski definition) is 2. The van der Waals surface area contributed by atoms with Crippen molar-refractivity contribution in [3.05, 3.63) is 0 Å². The molecule has 4 heteroatoms. The molecule has 0 aromatic rings. The zero-order valence-corrected chi connectivity index (χ0v) is 12.9. The zero-order chi connectivity index (χ0) is 14.2. The van der Waals surface area contributed by atoms with Crippen molar-refractivity contribution in [2.24, 2.45) is 0 Å².